The number of nitrogens with zero attached hydrogens (tertiary/aromatic N) is 3. The summed E-state index contributed by atoms with van der Waals surface area (Å²) in [4.78, 5) is 22.3. The smallest absolute Gasteiger partial charge is 0.316 e. The zero-order valence-electron chi connectivity index (χ0n) is 12.1. The second kappa shape index (κ2) is 6.08. The lowest BCUT2D eigenvalue weighted by Gasteiger charge is -2.35. The van der Waals surface area contributed by atoms with Gasteiger partial charge in [0.05, 0.1) is 4.47 Å². The van der Waals surface area contributed by atoms with Crippen LogP contribution in [0, 0.1) is 5.41 Å². The van der Waals surface area contributed by atoms with E-state index in [9.17, 15) is 4.79 Å². The van der Waals surface area contributed by atoms with Crippen molar-refractivity contribution >= 4 is 21.8 Å². The van der Waals surface area contributed by atoms with Crippen molar-refractivity contribution in [2.45, 2.75) is 39.7 Å². The largest absolute Gasteiger partial charge is 0.460 e. The number of amides is 1. The molecule has 0 spiro atoms. The highest BCUT2D eigenvalue weighted by atomic mass is 79.9. The summed E-state index contributed by atoms with van der Waals surface area (Å²) >= 11 is 3.29. The van der Waals surface area contributed by atoms with Crippen molar-refractivity contribution in [2.24, 2.45) is 5.41 Å². The maximum atomic E-state index is 12.2. The number of ether oxygens (including phenoxy) is 1. The Morgan fingerprint density at radius 1 is 1.30 bits per heavy atom. The first-order valence-corrected chi connectivity index (χ1v) is 7.59. The fraction of sp³-hybridized carbons (Fsp3) is 0.643. The summed E-state index contributed by atoms with van der Waals surface area (Å²) in [6, 6.07) is 0.397. The minimum Gasteiger partial charge on any atom is -0.460 e. The molecule has 0 aliphatic carbocycles. The van der Waals surface area contributed by atoms with E-state index in [1.54, 1.807) is 12.4 Å². The van der Waals surface area contributed by atoms with Gasteiger partial charge in [-0.1, -0.05) is 20.8 Å². The Labute approximate surface area is 127 Å². The monoisotopic (exact) mass is 341 g/mol. The van der Waals surface area contributed by atoms with Crippen LogP contribution in [0.25, 0.3) is 0 Å². The van der Waals surface area contributed by atoms with Gasteiger partial charge in [-0.3, -0.25) is 4.79 Å². The SMILES string of the molecule is CC(C)(C)C(=O)N1CCC(Oc2ncc(Br)cn2)CC1. The minimum atomic E-state index is -0.317. The van der Waals surface area contributed by atoms with Crippen molar-refractivity contribution in [3.8, 4) is 6.01 Å². The quantitative estimate of drug-likeness (QED) is 0.829. The van der Waals surface area contributed by atoms with E-state index in [2.05, 4.69) is 25.9 Å². The van der Waals surface area contributed by atoms with Crippen molar-refractivity contribution < 1.29 is 9.53 Å². The van der Waals surface area contributed by atoms with Gasteiger partial charge in [0, 0.05) is 43.7 Å². The maximum Gasteiger partial charge on any atom is 0.316 e. The van der Waals surface area contributed by atoms with Gasteiger partial charge in [0.2, 0.25) is 5.91 Å². The lowest BCUT2D eigenvalue weighted by Crippen LogP contribution is -2.46. The topological polar surface area (TPSA) is 55.3 Å². The number of piperidine rings is 1. The van der Waals surface area contributed by atoms with Gasteiger partial charge in [0.25, 0.3) is 0 Å². The number of hydrogen-bond acceptors (Lipinski definition) is 4. The summed E-state index contributed by atoms with van der Waals surface area (Å²) in [7, 11) is 0. The molecule has 1 aromatic rings. The van der Waals surface area contributed by atoms with Gasteiger partial charge in [-0.25, -0.2) is 9.97 Å². The molecule has 1 aliphatic rings. The molecule has 1 amide bonds. The fourth-order valence-electron chi connectivity index (χ4n) is 2.16. The zero-order valence-corrected chi connectivity index (χ0v) is 13.7. The van der Waals surface area contributed by atoms with Crippen molar-refractivity contribution in [3.05, 3.63) is 16.9 Å². The molecule has 6 heteroatoms. The molecule has 1 aliphatic heterocycles. The molecule has 1 aromatic heterocycles. The molecular weight excluding hydrogens is 322 g/mol. The highest BCUT2D eigenvalue weighted by Crippen LogP contribution is 2.22. The van der Waals surface area contributed by atoms with Gasteiger partial charge in [0.1, 0.15) is 6.10 Å². The van der Waals surface area contributed by atoms with E-state index in [1.807, 2.05) is 25.7 Å². The number of carbonyl (C=O) groups is 1. The summed E-state index contributed by atoms with van der Waals surface area (Å²) in [6.07, 6.45) is 5.06. The maximum absolute atomic E-state index is 12.2. The van der Waals surface area contributed by atoms with E-state index in [4.69, 9.17) is 4.74 Å². The molecule has 0 bridgehead atoms. The van der Waals surface area contributed by atoms with Crippen molar-refractivity contribution in [1.29, 1.82) is 0 Å². The van der Waals surface area contributed by atoms with Crippen LogP contribution in [0.1, 0.15) is 33.6 Å². The standard InChI is InChI=1S/C14H20BrN3O2/c1-14(2,3)12(19)18-6-4-11(5-7-18)20-13-16-8-10(15)9-17-13/h8-9,11H,4-7H2,1-3H3. The van der Waals surface area contributed by atoms with Crippen molar-refractivity contribution in [2.75, 3.05) is 13.1 Å². The predicted molar refractivity (Wildman–Crippen MR) is 79.4 cm³/mol. The van der Waals surface area contributed by atoms with Gasteiger partial charge in [-0.15, -0.1) is 0 Å². The summed E-state index contributed by atoms with van der Waals surface area (Å²) < 4.78 is 6.57. The van der Waals surface area contributed by atoms with E-state index < -0.39 is 0 Å². The third-order valence-electron chi connectivity index (χ3n) is 3.24. The summed E-state index contributed by atoms with van der Waals surface area (Å²) in [5.74, 6) is 0.204. The van der Waals surface area contributed by atoms with Crippen LogP contribution >= 0.6 is 15.9 Å². The van der Waals surface area contributed by atoms with Gasteiger partial charge in [0.15, 0.2) is 0 Å². The number of aromatic nitrogens is 2. The molecule has 1 saturated heterocycles. The summed E-state index contributed by atoms with van der Waals surface area (Å²) in [5, 5.41) is 0. The Bertz CT molecular complexity index is 462. The van der Waals surface area contributed by atoms with Crippen LogP contribution in [0.5, 0.6) is 6.01 Å². The van der Waals surface area contributed by atoms with Crippen molar-refractivity contribution in [1.82, 2.24) is 14.9 Å². The lowest BCUT2D eigenvalue weighted by atomic mass is 9.93. The Hall–Kier alpha value is -1.17. The van der Waals surface area contributed by atoms with Crippen molar-refractivity contribution in [3.63, 3.8) is 0 Å². The van der Waals surface area contributed by atoms with E-state index in [0.717, 1.165) is 30.4 Å². The Morgan fingerprint density at radius 2 is 1.85 bits per heavy atom. The molecule has 2 heterocycles. The number of halogens is 1. The molecular formula is C14H20BrN3O2. The van der Waals surface area contributed by atoms with Gasteiger partial charge < -0.3 is 9.64 Å². The lowest BCUT2D eigenvalue weighted by molar-refractivity contribution is -0.141. The van der Waals surface area contributed by atoms with Crippen LogP contribution in [-0.4, -0.2) is 40.0 Å². The fourth-order valence-corrected chi connectivity index (χ4v) is 2.37. The number of rotatable bonds is 2. The molecule has 1 fully saturated rings. The first-order chi connectivity index (χ1) is 9.36. The first-order valence-electron chi connectivity index (χ1n) is 6.80. The summed E-state index contributed by atoms with van der Waals surface area (Å²) in [6.45, 7) is 7.32. The zero-order chi connectivity index (χ0) is 14.8. The number of likely N-dealkylation sites (tertiary alicyclic amines) is 1. The van der Waals surface area contributed by atoms with Crippen LogP contribution in [0.2, 0.25) is 0 Å². The normalized spacial score (nSPS) is 17.1. The van der Waals surface area contributed by atoms with E-state index in [1.165, 1.54) is 0 Å². The van der Waals surface area contributed by atoms with Crippen LogP contribution in [0.15, 0.2) is 16.9 Å². The average Bonchev–Trinajstić information content (AvgIpc) is 2.40. The molecule has 110 valence electrons. The molecule has 0 radical (unpaired) electrons. The minimum absolute atomic E-state index is 0.0835. The Balaban J connectivity index is 1.85. The van der Waals surface area contributed by atoms with Crippen LogP contribution in [-0.2, 0) is 4.79 Å². The molecule has 0 saturated carbocycles. The molecule has 0 aromatic carbocycles. The molecule has 2 rings (SSSR count). The van der Waals surface area contributed by atoms with Crippen LogP contribution in [0.4, 0.5) is 0 Å². The molecule has 0 atom stereocenters. The van der Waals surface area contributed by atoms with Crippen LogP contribution in [0.3, 0.4) is 0 Å². The second-order valence-electron chi connectivity index (χ2n) is 6.04. The molecule has 5 nitrogen and oxygen atoms in total. The third kappa shape index (κ3) is 3.91. The van der Waals surface area contributed by atoms with E-state index in [-0.39, 0.29) is 17.4 Å². The third-order valence-corrected chi connectivity index (χ3v) is 3.65. The molecule has 0 unspecified atom stereocenters. The van der Waals surface area contributed by atoms with Crippen LogP contribution < -0.4 is 4.74 Å². The van der Waals surface area contributed by atoms with Gasteiger partial charge >= 0.3 is 6.01 Å². The Kier molecular flexibility index (Phi) is 4.62. The first kappa shape index (κ1) is 15.2. The Morgan fingerprint density at radius 3 is 2.35 bits per heavy atom. The van der Waals surface area contributed by atoms with Gasteiger partial charge in [-0.2, -0.15) is 0 Å². The molecule has 0 N–H and O–H groups in total. The second-order valence-corrected chi connectivity index (χ2v) is 6.96. The van der Waals surface area contributed by atoms with Gasteiger partial charge in [-0.05, 0) is 15.9 Å². The average molecular weight is 342 g/mol. The summed E-state index contributed by atoms with van der Waals surface area (Å²) in [5.41, 5.74) is -0.317. The predicted octanol–water partition coefficient (Wildman–Crippen LogP) is 2.66. The van der Waals surface area contributed by atoms with E-state index >= 15 is 0 Å². The number of carbonyl (C=O) groups excluding carboxylic acids is 1. The molecule has 20 heavy (non-hydrogen) atoms. The van der Waals surface area contributed by atoms with E-state index in [0.29, 0.717) is 6.01 Å². The highest BCUT2D eigenvalue weighted by molar-refractivity contribution is 9.10. The number of hydrogen-bond donors (Lipinski definition) is 0. The highest BCUT2D eigenvalue weighted by Gasteiger charge is 2.31.